The van der Waals surface area contributed by atoms with E-state index in [4.69, 9.17) is 17.3 Å². The number of carbonyl (C=O) groups is 1. The predicted molar refractivity (Wildman–Crippen MR) is 87.4 cm³/mol. The van der Waals surface area contributed by atoms with Gasteiger partial charge in [0.05, 0.1) is 6.54 Å². The highest BCUT2D eigenvalue weighted by Crippen LogP contribution is 2.48. The Hall–Kier alpha value is -1.06. The molecule has 0 bridgehead atoms. The summed E-state index contributed by atoms with van der Waals surface area (Å²) in [6.07, 6.45) is 4.39. The molecule has 1 amide bonds. The third kappa shape index (κ3) is 3.58. The van der Waals surface area contributed by atoms with Crippen molar-refractivity contribution in [2.45, 2.75) is 51.0 Å². The SMILES string of the molecule is CC(C)CC(NC(=O)CN)C1(c2ccc(Cl)cc2)CCC1. The van der Waals surface area contributed by atoms with Crippen molar-refractivity contribution in [1.29, 1.82) is 0 Å². The van der Waals surface area contributed by atoms with E-state index in [0.717, 1.165) is 24.3 Å². The van der Waals surface area contributed by atoms with Crippen molar-refractivity contribution in [2.24, 2.45) is 11.7 Å². The second-order valence-electron chi connectivity index (χ2n) is 6.47. The minimum absolute atomic E-state index is 0.0414. The third-order valence-corrected chi connectivity index (χ3v) is 4.81. The normalized spacial score (nSPS) is 18.1. The minimum atomic E-state index is -0.0686. The lowest BCUT2D eigenvalue weighted by Crippen LogP contribution is -2.55. The van der Waals surface area contributed by atoms with Crippen LogP contribution in [0.3, 0.4) is 0 Å². The summed E-state index contributed by atoms with van der Waals surface area (Å²) in [5.74, 6) is 0.457. The number of nitrogens with two attached hydrogens (primary N) is 1. The molecule has 3 N–H and O–H groups in total. The van der Waals surface area contributed by atoms with E-state index in [0.29, 0.717) is 5.92 Å². The Labute approximate surface area is 132 Å². The number of hydrogen-bond acceptors (Lipinski definition) is 2. The van der Waals surface area contributed by atoms with Crippen LogP contribution in [-0.2, 0) is 10.2 Å². The smallest absolute Gasteiger partial charge is 0.233 e. The number of carbonyl (C=O) groups excluding carboxylic acids is 1. The van der Waals surface area contributed by atoms with Crippen molar-refractivity contribution in [3.05, 3.63) is 34.9 Å². The number of rotatable bonds is 6. The molecule has 4 heteroatoms. The van der Waals surface area contributed by atoms with E-state index in [1.165, 1.54) is 12.0 Å². The largest absolute Gasteiger partial charge is 0.351 e. The van der Waals surface area contributed by atoms with Crippen molar-refractivity contribution in [3.63, 3.8) is 0 Å². The third-order valence-electron chi connectivity index (χ3n) is 4.56. The molecule has 1 aliphatic carbocycles. The number of halogens is 1. The lowest BCUT2D eigenvalue weighted by molar-refractivity contribution is -0.121. The summed E-state index contributed by atoms with van der Waals surface area (Å²) in [6, 6.07) is 8.22. The van der Waals surface area contributed by atoms with Crippen LogP contribution in [0, 0.1) is 5.92 Å². The van der Waals surface area contributed by atoms with Gasteiger partial charge in [0.1, 0.15) is 0 Å². The number of hydrogen-bond donors (Lipinski definition) is 2. The standard InChI is InChI=1S/C17H25ClN2O/c1-12(2)10-15(20-16(21)11-19)17(8-3-9-17)13-4-6-14(18)7-5-13/h4-7,12,15H,3,8-11,19H2,1-2H3,(H,20,21). The van der Waals surface area contributed by atoms with Gasteiger partial charge in [-0.2, -0.15) is 0 Å². The van der Waals surface area contributed by atoms with Gasteiger partial charge < -0.3 is 11.1 Å². The van der Waals surface area contributed by atoms with Gasteiger partial charge in [0.15, 0.2) is 0 Å². The van der Waals surface area contributed by atoms with Gasteiger partial charge in [-0.25, -0.2) is 0 Å². The molecule has 1 atom stereocenters. The van der Waals surface area contributed by atoms with Gasteiger partial charge in [0, 0.05) is 16.5 Å². The average Bonchev–Trinajstić information content (AvgIpc) is 2.38. The first-order chi connectivity index (χ1) is 9.98. The van der Waals surface area contributed by atoms with Gasteiger partial charge >= 0.3 is 0 Å². The highest BCUT2D eigenvalue weighted by molar-refractivity contribution is 6.30. The van der Waals surface area contributed by atoms with E-state index in [-0.39, 0.29) is 23.9 Å². The molecule has 1 aromatic carbocycles. The first-order valence-electron chi connectivity index (χ1n) is 7.73. The Bertz CT molecular complexity index is 480. The first-order valence-corrected chi connectivity index (χ1v) is 8.11. The zero-order valence-electron chi connectivity index (χ0n) is 12.9. The Balaban J connectivity index is 2.29. The van der Waals surface area contributed by atoms with Crippen LogP contribution in [0.25, 0.3) is 0 Å². The molecule has 0 aliphatic heterocycles. The molecule has 1 saturated carbocycles. The van der Waals surface area contributed by atoms with Gasteiger partial charge in [-0.1, -0.05) is 44.0 Å². The fourth-order valence-corrected chi connectivity index (χ4v) is 3.45. The summed E-state index contributed by atoms with van der Waals surface area (Å²) in [5, 5.41) is 3.91. The number of nitrogens with one attached hydrogen (secondary N) is 1. The minimum Gasteiger partial charge on any atom is -0.351 e. The van der Waals surface area contributed by atoms with Crippen LogP contribution in [0.15, 0.2) is 24.3 Å². The molecule has 21 heavy (non-hydrogen) atoms. The molecule has 0 saturated heterocycles. The molecule has 3 nitrogen and oxygen atoms in total. The monoisotopic (exact) mass is 308 g/mol. The fraction of sp³-hybridized carbons (Fsp3) is 0.588. The molecule has 1 unspecified atom stereocenters. The van der Waals surface area contributed by atoms with Crippen LogP contribution in [0.1, 0.15) is 45.1 Å². The van der Waals surface area contributed by atoms with Crippen LogP contribution in [0.5, 0.6) is 0 Å². The molecule has 116 valence electrons. The summed E-state index contributed by atoms with van der Waals surface area (Å²) in [6.45, 7) is 4.43. The molecule has 1 aliphatic rings. The summed E-state index contributed by atoms with van der Waals surface area (Å²) in [5.41, 5.74) is 6.80. The topological polar surface area (TPSA) is 55.1 Å². The van der Waals surface area contributed by atoms with E-state index < -0.39 is 0 Å². The highest BCUT2D eigenvalue weighted by Gasteiger charge is 2.45. The zero-order valence-corrected chi connectivity index (χ0v) is 13.6. The molecule has 1 fully saturated rings. The molecule has 0 heterocycles. The molecule has 0 radical (unpaired) electrons. The van der Waals surface area contributed by atoms with E-state index >= 15 is 0 Å². The summed E-state index contributed by atoms with van der Waals surface area (Å²) in [4.78, 5) is 11.8. The Morgan fingerprint density at radius 3 is 2.38 bits per heavy atom. The molecule has 0 aromatic heterocycles. The molecule has 0 spiro atoms. The van der Waals surface area contributed by atoms with Gasteiger partial charge in [-0.3, -0.25) is 4.79 Å². The van der Waals surface area contributed by atoms with Crippen molar-refractivity contribution in [1.82, 2.24) is 5.32 Å². The lowest BCUT2D eigenvalue weighted by atomic mass is 9.59. The van der Waals surface area contributed by atoms with Crippen molar-refractivity contribution < 1.29 is 4.79 Å². The Kier molecular flexibility index (Phi) is 5.28. The maximum Gasteiger partial charge on any atom is 0.233 e. The van der Waals surface area contributed by atoms with Crippen LogP contribution in [0.2, 0.25) is 5.02 Å². The van der Waals surface area contributed by atoms with E-state index in [1.807, 2.05) is 12.1 Å². The van der Waals surface area contributed by atoms with Crippen LogP contribution < -0.4 is 11.1 Å². The summed E-state index contributed by atoms with van der Waals surface area (Å²) < 4.78 is 0. The van der Waals surface area contributed by atoms with Crippen molar-refractivity contribution in [3.8, 4) is 0 Å². The van der Waals surface area contributed by atoms with Gasteiger partial charge in [0.25, 0.3) is 0 Å². The second kappa shape index (κ2) is 6.80. The maximum atomic E-state index is 11.8. The number of amides is 1. The maximum absolute atomic E-state index is 11.8. The first kappa shape index (κ1) is 16.3. The van der Waals surface area contributed by atoms with E-state index in [9.17, 15) is 4.79 Å². The Morgan fingerprint density at radius 2 is 1.95 bits per heavy atom. The second-order valence-corrected chi connectivity index (χ2v) is 6.91. The zero-order chi connectivity index (χ0) is 15.5. The van der Waals surface area contributed by atoms with Crippen molar-refractivity contribution >= 4 is 17.5 Å². The molecule has 2 rings (SSSR count). The molecular formula is C17H25ClN2O. The van der Waals surface area contributed by atoms with Crippen LogP contribution in [-0.4, -0.2) is 18.5 Å². The lowest BCUT2D eigenvalue weighted by Gasteiger charge is -2.49. The van der Waals surface area contributed by atoms with Crippen LogP contribution in [0.4, 0.5) is 0 Å². The van der Waals surface area contributed by atoms with Crippen LogP contribution >= 0.6 is 11.6 Å². The number of benzene rings is 1. The average molecular weight is 309 g/mol. The van der Waals surface area contributed by atoms with Gasteiger partial charge in [-0.05, 0) is 42.9 Å². The van der Waals surface area contributed by atoms with E-state index in [1.54, 1.807) is 0 Å². The van der Waals surface area contributed by atoms with Gasteiger partial charge in [0.2, 0.25) is 5.91 Å². The van der Waals surface area contributed by atoms with E-state index in [2.05, 4.69) is 31.3 Å². The Morgan fingerprint density at radius 1 is 1.33 bits per heavy atom. The molecule has 1 aromatic rings. The summed E-state index contributed by atoms with van der Waals surface area (Å²) >= 11 is 6.01. The van der Waals surface area contributed by atoms with Gasteiger partial charge in [-0.15, -0.1) is 0 Å². The highest BCUT2D eigenvalue weighted by atomic mass is 35.5. The fourth-order valence-electron chi connectivity index (χ4n) is 3.33. The molecular weight excluding hydrogens is 284 g/mol. The predicted octanol–water partition coefficient (Wildman–Crippen LogP) is 3.25. The quantitative estimate of drug-likeness (QED) is 0.847. The van der Waals surface area contributed by atoms with Crippen molar-refractivity contribution in [2.75, 3.05) is 6.54 Å². The summed E-state index contributed by atoms with van der Waals surface area (Å²) in [7, 11) is 0.